The molecule has 0 bridgehead atoms. The largest absolute Gasteiger partial charge is 0.435 e. The van der Waals surface area contributed by atoms with E-state index in [1.54, 1.807) is 0 Å². The lowest BCUT2D eigenvalue weighted by molar-refractivity contribution is -0.0498. The Kier molecular flexibility index (Phi) is 4.35. The Morgan fingerprint density at radius 3 is 2.63 bits per heavy atom. The molecule has 0 N–H and O–H groups in total. The number of halogens is 2. The zero-order valence-electron chi connectivity index (χ0n) is 10.8. The minimum absolute atomic E-state index is 0.0462. The lowest BCUT2D eigenvalue weighted by atomic mass is 9.99. The lowest BCUT2D eigenvalue weighted by Gasteiger charge is -2.31. The van der Waals surface area contributed by atoms with Gasteiger partial charge in [0.25, 0.3) is 5.91 Å². The number of carbonyl (C=O) groups excluding carboxylic acids is 1. The summed E-state index contributed by atoms with van der Waals surface area (Å²) in [4.78, 5) is 14.0. The smallest absolute Gasteiger partial charge is 0.387 e. The number of nitrogens with zero attached hydrogens (tertiary/aromatic N) is 1. The Bertz CT molecular complexity index is 434. The highest BCUT2D eigenvalue weighted by Gasteiger charge is 2.21. The van der Waals surface area contributed by atoms with Gasteiger partial charge in [-0.1, -0.05) is 6.92 Å². The molecular weight excluding hydrogens is 252 g/mol. The van der Waals surface area contributed by atoms with E-state index < -0.39 is 6.61 Å². The Labute approximate surface area is 111 Å². The fourth-order valence-electron chi connectivity index (χ4n) is 2.34. The minimum atomic E-state index is -2.84. The molecule has 0 radical (unpaired) electrons. The first-order chi connectivity index (χ1) is 9.06. The molecule has 1 unspecified atom stereocenters. The van der Waals surface area contributed by atoms with Gasteiger partial charge in [0.1, 0.15) is 5.75 Å². The second-order valence-corrected chi connectivity index (χ2v) is 4.90. The molecule has 0 aromatic heterocycles. The molecule has 1 amide bonds. The molecule has 19 heavy (non-hydrogen) atoms. The second-order valence-electron chi connectivity index (χ2n) is 4.90. The molecule has 104 valence electrons. The summed E-state index contributed by atoms with van der Waals surface area (Å²) in [6.07, 6.45) is 2.16. The molecule has 1 saturated heterocycles. The van der Waals surface area contributed by atoms with Crippen LogP contribution >= 0.6 is 0 Å². The van der Waals surface area contributed by atoms with Gasteiger partial charge in [-0.2, -0.15) is 8.78 Å². The van der Waals surface area contributed by atoms with Crippen molar-refractivity contribution in [1.82, 2.24) is 4.90 Å². The first kappa shape index (κ1) is 13.8. The Hall–Kier alpha value is -1.65. The Morgan fingerprint density at radius 1 is 1.37 bits per heavy atom. The van der Waals surface area contributed by atoms with Gasteiger partial charge in [0.05, 0.1) is 0 Å². The maximum absolute atomic E-state index is 12.2. The van der Waals surface area contributed by atoms with Gasteiger partial charge in [0, 0.05) is 18.7 Å². The first-order valence-electron chi connectivity index (χ1n) is 6.40. The summed E-state index contributed by atoms with van der Waals surface area (Å²) in [5, 5.41) is 0. The van der Waals surface area contributed by atoms with Crippen LogP contribution in [0.1, 0.15) is 30.1 Å². The van der Waals surface area contributed by atoms with E-state index in [4.69, 9.17) is 0 Å². The van der Waals surface area contributed by atoms with Crippen molar-refractivity contribution in [2.24, 2.45) is 5.92 Å². The summed E-state index contributed by atoms with van der Waals surface area (Å²) in [5.41, 5.74) is 0.510. The summed E-state index contributed by atoms with van der Waals surface area (Å²) in [7, 11) is 0. The average Bonchev–Trinajstić information content (AvgIpc) is 2.38. The second kappa shape index (κ2) is 5.99. The summed E-state index contributed by atoms with van der Waals surface area (Å²) >= 11 is 0. The van der Waals surface area contributed by atoms with Crippen molar-refractivity contribution < 1.29 is 18.3 Å². The lowest BCUT2D eigenvalue weighted by Crippen LogP contribution is -2.39. The van der Waals surface area contributed by atoms with Crippen LogP contribution in [-0.4, -0.2) is 30.5 Å². The summed E-state index contributed by atoms with van der Waals surface area (Å²) in [5.74, 6) is 0.535. The SMILES string of the molecule is CC1CCCN(C(=O)c2ccc(OC(F)F)cc2)C1. The molecule has 0 saturated carbocycles. The number of ether oxygens (including phenoxy) is 1. The third kappa shape index (κ3) is 3.66. The molecule has 1 atom stereocenters. The number of rotatable bonds is 3. The van der Waals surface area contributed by atoms with Gasteiger partial charge in [0.15, 0.2) is 0 Å². The highest BCUT2D eigenvalue weighted by molar-refractivity contribution is 5.94. The van der Waals surface area contributed by atoms with E-state index in [0.29, 0.717) is 11.5 Å². The average molecular weight is 269 g/mol. The molecule has 1 aliphatic heterocycles. The van der Waals surface area contributed by atoms with Gasteiger partial charge in [0.2, 0.25) is 0 Å². The number of hydrogen-bond acceptors (Lipinski definition) is 2. The summed E-state index contributed by atoms with van der Waals surface area (Å²) in [6.45, 7) is 0.801. The highest BCUT2D eigenvalue weighted by atomic mass is 19.3. The van der Waals surface area contributed by atoms with Gasteiger partial charge < -0.3 is 9.64 Å². The van der Waals surface area contributed by atoms with Crippen molar-refractivity contribution in [2.45, 2.75) is 26.4 Å². The third-order valence-corrected chi connectivity index (χ3v) is 3.27. The van der Waals surface area contributed by atoms with Gasteiger partial charge in [-0.05, 0) is 43.0 Å². The maximum atomic E-state index is 12.2. The fourth-order valence-corrected chi connectivity index (χ4v) is 2.34. The summed E-state index contributed by atoms with van der Waals surface area (Å²) in [6, 6.07) is 5.85. The quantitative estimate of drug-likeness (QED) is 0.843. The van der Waals surface area contributed by atoms with Crippen molar-refractivity contribution >= 4 is 5.91 Å². The van der Waals surface area contributed by atoms with E-state index in [1.807, 2.05) is 4.90 Å². The molecule has 0 spiro atoms. The molecule has 1 aromatic rings. The molecule has 5 heteroatoms. The van der Waals surface area contributed by atoms with Crippen LogP contribution in [0.2, 0.25) is 0 Å². The Morgan fingerprint density at radius 2 is 2.05 bits per heavy atom. The Balaban J connectivity index is 2.02. The number of piperidine rings is 1. The zero-order chi connectivity index (χ0) is 13.8. The van der Waals surface area contributed by atoms with Crippen LogP contribution < -0.4 is 4.74 Å². The zero-order valence-corrected chi connectivity index (χ0v) is 10.8. The molecule has 1 aliphatic rings. The number of alkyl halides is 2. The van der Waals surface area contributed by atoms with E-state index in [0.717, 1.165) is 25.9 Å². The molecule has 2 rings (SSSR count). The number of carbonyl (C=O) groups is 1. The standard InChI is InChI=1S/C14H17F2NO2/c1-10-3-2-8-17(9-10)13(18)11-4-6-12(7-5-11)19-14(15)16/h4-7,10,14H,2-3,8-9H2,1H3. The van der Waals surface area contributed by atoms with Gasteiger partial charge in [-0.15, -0.1) is 0 Å². The normalized spacial score (nSPS) is 19.6. The number of benzene rings is 1. The van der Waals surface area contributed by atoms with E-state index in [-0.39, 0.29) is 11.7 Å². The molecular formula is C14H17F2NO2. The van der Waals surface area contributed by atoms with Crippen molar-refractivity contribution in [3.05, 3.63) is 29.8 Å². The highest BCUT2D eigenvalue weighted by Crippen LogP contribution is 2.20. The molecule has 0 aliphatic carbocycles. The van der Waals surface area contributed by atoms with Crippen LogP contribution in [0, 0.1) is 5.92 Å². The van der Waals surface area contributed by atoms with E-state index in [2.05, 4.69) is 11.7 Å². The van der Waals surface area contributed by atoms with Crippen molar-refractivity contribution in [3.8, 4) is 5.75 Å². The van der Waals surface area contributed by atoms with E-state index >= 15 is 0 Å². The van der Waals surface area contributed by atoms with Crippen LogP contribution in [0.15, 0.2) is 24.3 Å². The van der Waals surface area contributed by atoms with Crippen LogP contribution in [-0.2, 0) is 0 Å². The summed E-state index contributed by atoms with van der Waals surface area (Å²) < 4.78 is 28.3. The maximum Gasteiger partial charge on any atom is 0.387 e. The minimum Gasteiger partial charge on any atom is -0.435 e. The van der Waals surface area contributed by atoms with E-state index in [9.17, 15) is 13.6 Å². The van der Waals surface area contributed by atoms with Crippen LogP contribution in [0.3, 0.4) is 0 Å². The van der Waals surface area contributed by atoms with Crippen molar-refractivity contribution in [3.63, 3.8) is 0 Å². The monoisotopic (exact) mass is 269 g/mol. The van der Waals surface area contributed by atoms with E-state index in [1.165, 1.54) is 24.3 Å². The molecule has 1 heterocycles. The van der Waals surface area contributed by atoms with Gasteiger partial charge in [-0.3, -0.25) is 4.79 Å². The number of likely N-dealkylation sites (tertiary alicyclic amines) is 1. The molecule has 1 aromatic carbocycles. The third-order valence-electron chi connectivity index (χ3n) is 3.27. The van der Waals surface area contributed by atoms with Gasteiger partial charge in [-0.25, -0.2) is 0 Å². The molecule has 1 fully saturated rings. The van der Waals surface area contributed by atoms with Crippen LogP contribution in [0.4, 0.5) is 8.78 Å². The first-order valence-corrected chi connectivity index (χ1v) is 6.40. The molecule has 3 nitrogen and oxygen atoms in total. The predicted molar refractivity (Wildman–Crippen MR) is 67.4 cm³/mol. The number of hydrogen-bond donors (Lipinski definition) is 0. The van der Waals surface area contributed by atoms with Crippen LogP contribution in [0.5, 0.6) is 5.75 Å². The van der Waals surface area contributed by atoms with Crippen molar-refractivity contribution in [2.75, 3.05) is 13.1 Å². The van der Waals surface area contributed by atoms with Crippen molar-refractivity contribution in [1.29, 1.82) is 0 Å². The topological polar surface area (TPSA) is 29.5 Å². The predicted octanol–water partition coefficient (Wildman–Crippen LogP) is 3.16. The fraction of sp³-hybridized carbons (Fsp3) is 0.500. The number of amides is 1. The van der Waals surface area contributed by atoms with Crippen LogP contribution in [0.25, 0.3) is 0 Å². The van der Waals surface area contributed by atoms with Gasteiger partial charge >= 0.3 is 6.61 Å².